The molecule has 0 bridgehead atoms. The molecule has 18 nitrogen and oxygen atoms in total. The Bertz CT molecular complexity index is 294. The van der Waals surface area contributed by atoms with Gasteiger partial charge in [0.15, 0.2) is 0 Å². The zero-order valence-corrected chi connectivity index (χ0v) is 16.9. The summed E-state index contributed by atoms with van der Waals surface area (Å²) in [5.74, 6) is -13.1. The van der Waals surface area contributed by atoms with E-state index in [4.69, 9.17) is 59.4 Å². The second-order valence-corrected chi connectivity index (χ2v) is 1.72. The molecule has 0 spiro atoms. The van der Waals surface area contributed by atoms with Gasteiger partial charge >= 0.3 is 44.8 Å². The van der Waals surface area contributed by atoms with Gasteiger partial charge in [-0.3, -0.25) is 0 Å². The van der Waals surface area contributed by atoms with E-state index in [1.807, 2.05) is 0 Å². The van der Waals surface area contributed by atoms with Gasteiger partial charge in [-0.05, 0) is 0 Å². The molecule has 0 aliphatic heterocycles. The van der Waals surface area contributed by atoms with Crippen LogP contribution >= 0.6 is 0 Å². The first-order chi connectivity index (χ1) is 7.93. The summed E-state index contributed by atoms with van der Waals surface area (Å²) in [6, 6.07) is 0. The Hall–Kier alpha value is -1.94. The summed E-state index contributed by atoms with van der Waals surface area (Å²) in [7, 11) is 0. The Balaban J connectivity index is -0.0000000125. The van der Waals surface area contributed by atoms with Crippen LogP contribution in [0.15, 0.2) is 0 Å². The second-order valence-electron chi connectivity index (χ2n) is 1.72. The summed E-state index contributed by atoms with van der Waals surface area (Å²) in [4.78, 5) is 53.6. The number of aliphatic carboxylic acids is 6. The Morgan fingerprint density at radius 1 is 0.385 bits per heavy atom. The predicted octanol–water partition coefficient (Wildman–Crippen LogP) is -11.0. The monoisotopic (exact) mass is 552 g/mol. The van der Waals surface area contributed by atoms with Gasteiger partial charge in [0.2, 0.25) is 0 Å². The first-order valence-electron chi connectivity index (χ1n) is 3.20. The fraction of sp³-hybridized carbons (Fsp3) is 0. The van der Waals surface area contributed by atoms with E-state index in [1.54, 1.807) is 0 Å². The van der Waals surface area contributed by atoms with E-state index in [1.165, 1.54) is 0 Å². The molecule has 0 saturated carbocycles. The fourth-order valence-electron chi connectivity index (χ4n) is 0. The number of carbonyl (C=O) groups is 6. The maximum atomic E-state index is 8.93. The SMILES string of the molecule is O.O=C([O-])C(=O)[O-].O=C([O-])C(=O)[O-].O=C([O-])C(=O)[O-].[NH4+].[NH4+].[Nb+5].[Nb+5].[O-2].[O-2].[O-2]. The van der Waals surface area contributed by atoms with Crippen LogP contribution in [0, 0.1) is 0 Å². The van der Waals surface area contributed by atoms with E-state index in [0.717, 1.165) is 0 Å². The third-order valence-corrected chi connectivity index (χ3v) is 0.500. The molecule has 0 fully saturated rings. The Labute approximate surface area is 174 Å². The summed E-state index contributed by atoms with van der Waals surface area (Å²) in [6.07, 6.45) is 0. The summed E-state index contributed by atoms with van der Waals surface area (Å²) in [5, 5.41) is 53.6. The van der Waals surface area contributed by atoms with Crippen molar-refractivity contribution in [2.24, 2.45) is 0 Å². The largest absolute Gasteiger partial charge is 5.00 e. The van der Waals surface area contributed by atoms with Crippen LogP contribution in [0.3, 0.4) is 0 Å². The number of carboxylic acids is 6. The first-order valence-corrected chi connectivity index (χ1v) is 3.20. The molecule has 0 aromatic carbocycles. The van der Waals surface area contributed by atoms with Crippen molar-refractivity contribution in [2.75, 3.05) is 0 Å². The van der Waals surface area contributed by atoms with Gasteiger partial charge in [0.05, 0.1) is 35.8 Å². The molecule has 0 aliphatic carbocycles. The van der Waals surface area contributed by atoms with Crippen LogP contribution in [0.5, 0.6) is 0 Å². The first kappa shape index (κ1) is 75.0. The predicted molar refractivity (Wildman–Crippen MR) is 47.7 cm³/mol. The Kier molecular flexibility index (Phi) is 126. The van der Waals surface area contributed by atoms with Crippen molar-refractivity contribution in [1.29, 1.82) is 0 Å². The van der Waals surface area contributed by atoms with Crippen molar-refractivity contribution in [2.45, 2.75) is 0 Å². The number of hydrogen-bond acceptors (Lipinski definition) is 12. The molecule has 26 heavy (non-hydrogen) atoms. The van der Waals surface area contributed by atoms with Crippen LogP contribution < -0.4 is 42.9 Å². The standard InChI is InChI=1S/3C2H2O4.2H3N.2Nb.H2O.3O/c3*3-1(4)2(5)6;;;;;;;;/h3*(H,3,4)(H,5,6);2*1H3;;;1H2;;;/q;;;;;2*+5;;3*-2/p-4. The smallest absolute Gasteiger partial charge is 2.00 e. The number of quaternary nitrogens is 2. The number of carbonyl (C=O) groups excluding carboxylic acids is 6. The minimum absolute atomic E-state index is 0. The molecule has 0 saturated heterocycles. The summed E-state index contributed by atoms with van der Waals surface area (Å²) in [5.41, 5.74) is 0. The molecule has 0 rings (SSSR count). The topological polar surface area (TPSA) is 431 Å². The number of carboxylic acid groups (broad SMARTS) is 6. The van der Waals surface area contributed by atoms with Crippen LogP contribution in [-0.4, -0.2) is 41.3 Å². The maximum Gasteiger partial charge on any atom is 5.00 e. The van der Waals surface area contributed by atoms with Gasteiger partial charge in [0, 0.05) is 0 Å². The number of rotatable bonds is 0. The van der Waals surface area contributed by atoms with Gasteiger partial charge < -0.3 is 93.6 Å². The van der Waals surface area contributed by atoms with E-state index in [0.29, 0.717) is 0 Å². The van der Waals surface area contributed by atoms with Crippen molar-refractivity contribution in [3.8, 4) is 0 Å². The minimum atomic E-state index is -2.19. The molecule has 0 aromatic heterocycles. The minimum Gasteiger partial charge on any atom is -2.00 e. The zero-order chi connectivity index (χ0) is 15.5. The van der Waals surface area contributed by atoms with Gasteiger partial charge in [-0.25, -0.2) is 0 Å². The van der Waals surface area contributed by atoms with Crippen molar-refractivity contribution in [3.05, 3.63) is 0 Å². The molecular weight excluding hydrogens is 542 g/mol. The molecule has 0 heterocycles. The van der Waals surface area contributed by atoms with Crippen LogP contribution in [0.1, 0.15) is 0 Å². The molecule has 20 heteroatoms. The van der Waals surface area contributed by atoms with Gasteiger partial charge in [0.1, 0.15) is 0 Å². The number of hydrogen-bond donors (Lipinski definition) is 2. The molecule has 0 atom stereocenters. The van der Waals surface area contributed by atoms with Crippen molar-refractivity contribution < 1.29 is 126 Å². The van der Waals surface area contributed by atoms with Crippen LogP contribution in [-0.2, 0) is 90.0 Å². The molecular formula is C6H10N2Nb2O16. The van der Waals surface area contributed by atoms with Gasteiger partial charge in [0.25, 0.3) is 0 Å². The van der Waals surface area contributed by atoms with Crippen LogP contribution in [0.25, 0.3) is 0 Å². The van der Waals surface area contributed by atoms with Crippen molar-refractivity contribution in [3.63, 3.8) is 0 Å². The molecule has 0 radical (unpaired) electrons. The van der Waals surface area contributed by atoms with E-state index in [-0.39, 0.29) is 79.0 Å². The summed E-state index contributed by atoms with van der Waals surface area (Å²) >= 11 is 0. The molecule has 0 aromatic rings. The van der Waals surface area contributed by atoms with Crippen LogP contribution in [0.4, 0.5) is 0 Å². The van der Waals surface area contributed by atoms with Gasteiger partial charge in [-0.15, -0.1) is 0 Å². The van der Waals surface area contributed by atoms with E-state index in [9.17, 15) is 0 Å². The van der Waals surface area contributed by atoms with Crippen molar-refractivity contribution in [1.82, 2.24) is 12.3 Å². The quantitative estimate of drug-likeness (QED) is 0.209. The van der Waals surface area contributed by atoms with Crippen molar-refractivity contribution >= 4 is 35.8 Å². The zero-order valence-electron chi connectivity index (χ0n) is 12.5. The third kappa shape index (κ3) is 96.7. The van der Waals surface area contributed by atoms with E-state index in [2.05, 4.69) is 0 Å². The van der Waals surface area contributed by atoms with Gasteiger partial charge in [-0.1, -0.05) is 0 Å². The summed E-state index contributed by atoms with van der Waals surface area (Å²) < 4.78 is 0. The normalized spacial score (nSPS) is 5.08. The second kappa shape index (κ2) is 43.5. The molecule has 150 valence electrons. The van der Waals surface area contributed by atoms with Gasteiger partial charge in [-0.2, -0.15) is 0 Å². The van der Waals surface area contributed by atoms with Crippen LogP contribution in [0.2, 0.25) is 0 Å². The Morgan fingerprint density at radius 2 is 0.423 bits per heavy atom. The molecule has 10 N–H and O–H groups in total. The molecule has 0 amide bonds. The third-order valence-electron chi connectivity index (χ3n) is 0.500. The van der Waals surface area contributed by atoms with E-state index >= 15 is 0 Å². The average molecular weight is 552 g/mol. The molecule has 0 aliphatic rings. The average Bonchev–Trinajstić information content (AvgIpc) is 2.18. The fourth-order valence-corrected chi connectivity index (χ4v) is 0. The Morgan fingerprint density at radius 3 is 0.423 bits per heavy atom. The van der Waals surface area contributed by atoms with E-state index < -0.39 is 35.8 Å². The summed E-state index contributed by atoms with van der Waals surface area (Å²) in [6.45, 7) is 0. The molecule has 0 unspecified atom stereocenters. The maximum absolute atomic E-state index is 8.93.